The number of amides is 1. The first kappa shape index (κ1) is 26.3. The molecule has 1 amide bonds. The van der Waals surface area contributed by atoms with Crippen LogP contribution in [0.3, 0.4) is 0 Å². The number of halogens is 1. The van der Waals surface area contributed by atoms with Gasteiger partial charge in [0.25, 0.3) is 0 Å². The maximum Gasteiger partial charge on any atom is 0.227 e. The van der Waals surface area contributed by atoms with Gasteiger partial charge in [0.15, 0.2) is 0 Å². The van der Waals surface area contributed by atoms with Crippen LogP contribution in [0.1, 0.15) is 12.0 Å². The molecule has 8 nitrogen and oxygen atoms in total. The molecule has 1 N–H and O–H groups in total. The molecule has 1 fully saturated rings. The molecule has 1 saturated heterocycles. The number of thiophene rings is 1. The lowest BCUT2D eigenvalue weighted by atomic mass is 10.1. The van der Waals surface area contributed by atoms with Gasteiger partial charge in [-0.15, -0.1) is 23.1 Å². The summed E-state index contributed by atoms with van der Waals surface area (Å²) in [5, 5.41) is 5.95. The molecule has 4 heterocycles. The number of thioether (sulfide) groups is 1. The van der Waals surface area contributed by atoms with E-state index in [1.54, 1.807) is 29.4 Å². The quantitative estimate of drug-likeness (QED) is 0.296. The summed E-state index contributed by atoms with van der Waals surface area (Å²) in [4.78, 5) is 31.5. The summed E-state index contributed by atoms with van der Waals surface area (Å²) in [5.41, 5.74) is 3.69. The van der Waals surface area contributed by atoms with E-state index >= 15 is 0 Å². The third-order valence-electron chi connectivity index (χ3n) is 7.20. The van der Waals surface area contributed by atoms with Gasteiger partial charge >= 0.3 is 0 Å². The van der Waals surface area contributed by atoms with Crippen LogP contribution in [0, 0.1) is 0 Å². The van der Waals surface area contributed by atoms with Gasteiger partial charge < -0.3 is 19.9 Å². The van der Waals surface area contributed by atoms with Crippen molar-refractivity contribution >= 4 is 78.0 Å². The van der Waals surface area contributed by atoms with Crippen LogP contribution in [0.4, 0.5) is 11.5 Å². The van der Waals surface area contributed by atoms with Crippen LogP contribution < -0.4 is 10.1 Å². The molecule has 2 aliphatic rings. The molecular weight excluding hydrogens is 552 g/mol. The normalized spacial score (nSPS) is 19.0. The fraction of sp³-hybridized carbons (Fsp3) is 0.357. The molecule has 4 aromatic rings. The predicted octanol–water partition coefficient (Wildman–Crippen LogP) is 5.47. The van der Waals surface area contributed by atoms with E-state index in [4.69, 9.17) is 16.3 Å². The second-order valence-corrected chi connectivity index (χ2v) is 12.4. The Bertz CT molecular complexity index is 1560. The summed E-state index contributed by atoms with van der Waals surface area (Å²) in [7, 11) is 4.15. The standard InChI is InChI=1S/C28H29ClN6O2S2/c1-34(2)20-7-8-35(12-20)25(36)10-17-3-5-21-24(9-17)39-28-26(21)27(30-15-31-28)33-18-4-6-23(22(29)11-18)37-13-19-14-38-16-32-19/h3-6,9,11,15-16,19-20H,7-8,10,12-14H2,1-2H3,(H,30,31,33)/t19?,20-/m0/s1. The number of ether oxygens (including phenoxy) is 1. The Morgan fingerprint density at radius 2 is 2.13 bits per heavy atom. The van der Waals surface area contributed by atoms with Crippen molar-refractivity contribution in [3.05, 3.63) is 53.3 Å². The van der Waals surface area contributed by atoms with Crippen LogP contribution >= 0.6 is 34.7 Å². The van der Waals surface area contributed by atoms with Crippen molar-refractivity contribution in [1.82, 2.24) is 19.8 Å². The number of aromatic nitrogens is 2. The number of benzene rings is 2. The lowest BCUT2D eigenvalue weighted by molar-refractivity contribution is -0.129. The molecule has 0 radical (unpaired) electrons. The second kappa shape index (κ2) is 11.3. The van der Waals surface area contributed by atoms with Crippen LogP contribution in [0.25, 0.3) is 20.3 Å². The number of likely N-dealkylation sites (tertiary alicyclic amines) is 1. The molecule has 39 heavy (non-hydrogen) atoms. The summed E-state index contributed by atoms with van der Waals surface area (Å²) < 4.78 is 6.97. The van der Waals surface area contributed by atoms with Gasteiger partial charge in [0.2, 0.25) is 5.91 Å². The number of anilines is 2. The maximum atomic E-state index is 13.0. The highest BCUT2D eigenvalue weighted by Gasteiger charge is 2.27. The lowest BCUT2D eigenvalue weighted by Gasteiger charge is -2.20. The molecule has 2 aromatic heterocycles. The van der Waals surface area contributed by atoms with E-state index in [1.807, 2.05) is 34.7 Å². The number of carbonyl (C=O) groups is 1. The first-order chi connectivity index (χ1) is 18.9. The Morgan fingerprint density at radius 3 is 2.90 bits per heavy atom. The van der Waals surface area contributed by atoms with Crippen LogP contribution in [-0.2, 0) is 11.2 Å². The third kappa shape index (κ3) is 5.70. The van der Waals surface area contributed by atoms with Crippen molar-refractivity contribution in [3.63, 3.8) is 0 Å². The summed E-state index contributed by atoms with van der Waals surface area (Å²) in [5.74, 6) is 2.46. The van der Waals surface area contributed by atoms with Crippen molar-refractivity contribution in [2.45, 2.75) is 24.9 Å². The molecule has 2 aliphatic heterocycles. The highest BCUT2D eigenvalue weighted by atomic mass is 35.5. The average molecular weight is 581 g/mol. The zero-order valence-corrected chi connectivity index (χ0v) is 24.2. The van der Waals surface area contributed by atoms with Gasteiger partial charge in [-0.3, -0.25) is 9.79 Å². The molecule has 6 rings (SSSR count). The second-order valence-electron chi connectivity index (χ2n) is 10.1. The number of carbonyl (C=O) groups excluding carboxylic acids is 1. The monoisotopic (exact) mass is 580 g/mol. The van der Waals surface area contributed by atoms with Crippen LogP contribution in [0.5, 0.6) is 5.75 Å². The Balaban J connectivity index is 1.19. The number of hydrogen-bond acceptors (Lipinski definition) is 9. The van der Waals surface area contributed by atoms with E-state index in [0.29, 0.717) is 35.7 Å². The molecule has 202 valence electrons. The van der Waals surface area contributed by atoms with E-state index in [2.05, 4.69) is 51.4 Å². The summed E-state index contributed by atoms with van der Waals surface area (Å²) in [6.45, 7) is 2.13. The highest BCUT2D eigenvalue weighted by Crippen LogP contribution is 2.38. The van der Waals surface area contributed by atoms with Crippen molar-refractivity contribution in [2.24, 2.45) is 4.99 Å². The number of likely N-dealkylation sites (N-methyl/N-ethyl adjacent to an activating group) is 1. The van der Waals surface area contributed by atoms with Gasteiger partial charge in [-0.2, -0.15) is 0 Å². The summed E-state index contributed by atoms with van der Waals surface area (Å²) in [6.07, 6.45) is 3.00. The lowest BCUT2D eigenvalue weighted by Crippen LogP contribution is -2.35. The Kier molecular flexibility index (Phi) is 7.61. The van der Waals surface area contributed by atoms with E-state index in [-0.39, 0.29) is 11.9 Å². The number of nitrogens with zero attached hydrogens (tertiary/aromatic N) is 5. The van der Waals surface area contributed by atoms with Crippen molar-refractivity contribution < 1.29 is 9.53 Å². The van der Waals surface area contributed by atoms with Gasteiger partial charge in [0, 0.05) is 40.7 Å². The van der Waals surface area contributed by atoms with E-state index in [9.17, 15) is 4.79 Å². The number of hydrogen-bond donors (Lipinski definition) is 1. The van der Waals surface area contributed by atoms with Gasteiger partial charge in [0.1, 0.15) is 29.3 Å². The molecular formula is C28H29ClN6O2S2. The van der Waals surface area contributed by atoms with Crippen LogP contribution in [0.15, 0.2) is 47.7 Å². The largest absolute Gasteiger partial charge is 0.490 e. The smallest absolute Gasteiger partial charge is 0.227 e. The van der Waals surface area contributed by atoms with Gasteiger partial charge in [-0.1, -0.05) is 23.7 Å². The maximum absolute atomic E-state index is 13.0. The first-order valence-corrected chi connectivity index (χ1v) is 15.1. The van der Waals surface area contributed by atoms with Crippen molar-refractivity contribution in [3.8, 4) is 5.75 Å². The SMILES string of the molecule is CN(C)[C@H]1CCN(C(=O)Cc2ccc3c(c2)sc2ncnc(Nc4ccc(OCC5CSC=N5)c(Cl)c4)c23)C1. The highest BCUT2D eigenvalue weighted by molar-refractivity contribution is 8.12. The van der Waals surface area contributed by atoms with Gasteiger partial charge in [-0.05, 0) is 50.3 Å². The number of aliphatic imine (C=N–C) groups is 1. The Labute approximate surface area is 240 Å². The fourth-order valence-corrected chi connectivity index (χ4v) is 7.06. The minimum Gasteiger partial charge on any atom is -0.490 e. The minimum absolute atomic E-state index is 0.166. The van der Waals surface area contributed by atoms with E-state index in [0.717, 1.165) is 56.8 Å². The van der Waals surface area contributed by atoms with Crippen molar-refractivity contribution in [2.75, 3.05) is 44.9 Å². The molecule has 11 heteroatoms. The fourth-order valence-electron chi connectivity index (χ4n) is 4.97. The number of nitrogens with one attached hydrogen (secondary N) is 1. The number of fused-ring (bicyclic) bond motifs is 3. The Morgan fingerprint density at radius 1 is 1.23 bits per heavy atom. The molecule has 1 unspecified atom stereocenters. The molecule has 0 spiro atoms. The van der Waals surface area contributed by atoms with Crippen LogP contribution in [-0.4, -0.2) is 82.8 Å². The molecule has 2 aromatic carbocycles. The van der Waals surface area contributed by atoms with Gasteiger partial charge in [-0.25, -0.2) is 9.97 Å². The molecule has 0 saturated carbocycles. The number of rotatable bonds is 8. The molecule has 2 atom stereocenters. The van der Waals surface area contributed by atoms with Crippen molar-refractivity contribution in [1.29, 1.82) is 0 Å². The zero-order valence-electron chi connectivity index (χ0n) is 21.8. The van der Waals surface area contributed by atoms with E-state index in [1.165, 1.54) is 0 Å². The zero-order chi connectivity index (χ0) is 26.9. The molecule has 0 aliphatic carbocycles. The third-order valence-corrected chi connectivity index (χ3v) is 9.40. The van der Waals surface area contributed by atoms with Crippen LogP contribution in [0.2, 0.25) is 5.02 Å². The topological polar surface area (TPSA) is 83.0 Å². The Hall–Kier alpha value is -2.92. The average Bonchev–Trinajstić information content (AvgIpc) is 3.68. The minimum atomic E-state index is 0.166. The summed E-state index contributed by atoms with van der Waals surface area (Å²) in [6, 6.07) is 12.5. The van der Waals surface area contributed by atoms with Gasteiger partial charge in [0.05, 0.1) is 28.4 Å². The molecule has 0 bridgehead atoms. The van der Waals surface area contributed by atoms with E-state index < -0.39 is 0 Å². The summed E-state index contributed by atoms with van der Waals surface area (Å²) >= 11 is 9.83. The first-order valence-electron chi connectivity index (χ1n) is 12.9. The predicted molar refractivity (Wildman–Crippen MR) is 162 cm³/mol.